The van der Waals surface area contributed by atoms with Crippen molar-refractivity contribution in [2.45, 2.75) is 12.8 Å². The molecule has 1 heterocycles. The number of nitrogens with zero attached hydrogens (tertiary/aromatic N) is 2. The summed E-state index contributed by atoms with van der Waals surface area (Å²) in [5.41, 5.74) is 7.50. The lowest BCUT2D eigenvalue weighted by Gasteiger charge is -2.00. The summed E-state index contributed by atoms with van der Waals surface area (Å²) in [5.74, 6) is -0.825. The van der Waals surface area contributed by atoms with Gasteiger partial charge < -0.3 is 10.8 Å². The monoisotopic (exact) mass is 245 g/mol. The molecule has 0 radical (unpaired) electrons. The molecule has 0 saturated carbocycles. The van der Waals surface area contributed by atoms with E-state index in [0.29, 0.717) is 12.1 Å². The predicted molar refractivity (Wildman–Crippen MR) is 68.4 cm³/mol. The van der Waals surface area contributed by atoms with Gasteiger partial charge in [-0.15, -0.1) is 0 Å². The minimum absolute atomic E-state index is 0.119. The number of hydrogen-bond acceptors (Lipinski definition) is 3. The van der Waals surface area contributed by atoms with E-state index in [-0.39, 0.29) is 11.4 Å². The molecule has 5 heteroatoms. The van der Waals surface area contributed by atoms with Gasteiger partial charge in [0, 0.05) is 7.05 Å². The number of aryl methyl sites for hydroxylation is 3. The van der Waals surface area contributed by atoms with Gasteiger partial charge in [0.25, 0.3) is 0 Å². The zero-order chi connectivity index (χ0) is 13.1. The van der Waals surface area contributed by atoms with Gasteiger partial charge in [0.15, 0.2) is 0 Å². The van der Waals surface area contributed by atoms with E-state index in [9.17, 15) is 4.79 Å². The third kappa shape index (κ3) is 2.34. The van der Waals surface area contributed by atoms with E-state index in [4.69, 9.17) is 10.8 Å². The molecule has 94 valence electrons. The second-order valence-electron chi connectivity index (χ2n) is 4.12. The van der Waals surface area contributed by atoms with E-state index in [1.165, 1.54) is 4.68 Å². The van der Waals surface area contributed by atoms with Gasteiger partial charge in [0.1, 0.15) is 11.4 Å². The summed E-state index contributed by atoms with van der Waals surface area (Å²) in [6, 6.07) is 9.88. The van der Waals surface area contributed by atoms with Gasteiger partial charge in [-0.2, -0.15) is 5.10 Å². The quantitative estimate of drug-likeness (QED) is 0.855. The van der Waals surface area contributed by atoms with E-state index >= 15 is 0 Å². The molecule has 0 spiro atoms. The topological polar surface area (TPSA) is 81.1 Å². The van der Waals surface area contributed by atoms with Crippen LogP contribution in [-0.2, 0) is 19.9 Å². The van der Waals surface area contributed by atoms with Crippen molar-refractivity contribution in [3.8, 4) is 0 Å². The molecule has 0 atom stereocenters. The number of nitrogen functional groups attached to an aromatic ring is 1. The number of aromatic nitrogens is 2. The number of carboxylic acids is 1. The Labute approximate surface area is 105 Å². The first-order valence-electron chi connectivity index (χ1n) is 5.68. The van der Waals surface area contributed by atoms with E-state index < -0.39 is 5.97 Å². The van der Waals surface area contributed by atoms with Crippen LogP contribution >= 0.6 is 0 Å². The molecule has 0 aliphatic heterocycles. The molecule has 5 nitrogen and oxygen atoms in total. The standard InChI is InChI=1S/C13H15N3O2/c1-16-12(14)11(13(17)18)10(15-16)8-7-9-5-3-2-4-6-9/h2-6H,7-8,14H2,1H3,(H,17,18). The first-order valence-corrected chi connectivity index (χ1v) is 5.68. The van der Waals surface area contributed by atoms with Crippen LogP contribution in [0.15, 0.2) is 30.3 Å². The smallest absolute Gasteiger partial charge is 0.341 e. The Morgan fingerprint density at radius 1 is 1.33 bits per heavy atom. The Morgan fingerprint density at radius 2 is 2.00 bits per heavy atom. The molecule has 0 fully saturated rings. The summed E-state index contributed by atoms with van der Waals surface area (Å²) in [7, 11) is 1.65. The van der Waals surface area contributed by atoms with Crippen LogP contribution in [0.4, 0.5) is 5.82 Å². The summed E-state index contributed by atoms with van der Waals surface area (Å²) in [5, 5.41) is 13.3. The molecule has 3 N–H and O–H groups in total. The fraction of sp³-hybridized carbons (Fsp3) is 0.231. The molecule has 2 aromatic rings. The third-order valence-corrected chi connectivity index (χ3v) is 2.87. The van der Waals surface area contributed by atoms with Crippen molar-refractivity contribution in [3.05, 3.63) is 47.2 Å². The molecule has 1 aromatic heterocycles. The number of aromatic carboxylic acids is 1. The van der Waals surface area contributed by atoms with Gasteiger partial charge in [0.05, 0.1) is 5.69 Å². The summed E-state index contributed by atoms with van der Waals surface area (Å²) in [4.78, 5) is 11.1. The maximum atomic E-state index is 11.1. The average Bonchev–Trinajstić information content (AvgIpc) is 2.64. The van der Waals surface area contributed by atoms with Crippen LogP contribution in [0.3, 0.4) is 0 Å². The lowest BCUT2D eigenvalue weighted by atomic mass is 10.1. The van der Waals surface area contributed by atoms with Crippen molar-refractivity contribution in [1.82, 2.24) is 9.78 Å². The number of benzene rings is 1. The lowest BCUT2D eigenvalue weighted by molar-refractivity contribution is 0.0697. The fourth-order valence-corrected chi connectivity index (χ4v) is 1.91. The number of nitrogens with two attached hydrogens (primary N) is 1. The largest absolute Gasteiger partial charge is 0.477 e. The highest BCUT2D eigenvalue weighted by atomic mass is 16.4. The molecule has 1 aromatic carbocycles. The highest BCUT2D eigenvalue weighted by Gasteiger charge is 2.19. The number of carbonyl (C=O) groups is 1. The van der Waals surface area contributed by atoms with Crippen LogP contribution in [-0.4, -0.2) is 20.9 Å². The Hall–Kier alpha value is -2.30. The Bertz CT molecular complexity index is 561. The summed E-state index contributed by atoms with van der Waals surface area (Å²) >= 11 is 0. The highest BCUT2D eigenvalue weighted by molar-refractivity contribution is 5.94. The van der Waals surface area contributed by atoms with Crippen molar-refractivity contribution in [3.63, 3.8) is 0 Å². The molecule has 0 aliphatic carbocycles. The normalized spacial score (nSPS) is 10.5. The maximum absolute atomic E-state index is 11.1. The fourth-order valence-electron chi connectivity index (χ4n) is 1.91. The zero-order valence-electron chi connectivity index (χ0n) is 10.1. The molecule has 0 bridgehead atoms. The van der Waals surface area contributed by atoms with E-state index in [0.717, 1.165) is 12.0 Å². The Kier molecular flexibility index (Phi) is 3.32. The van der Waals surface area contributed by atoms with Crippen LogP contribution < -0.4 is 5.73 Å². The first kappa shape index (κ1) is 12.2. The van der Waals surface area contributed by atoms with Gasteiger partial charge in [-0.25, -0.2) is 4.79 Å². The molecule has 0 unspecified atom stereocenters. The molecule has 18 heavy (non-hydrogen) atoms. The number of rotatable bonds is 4. The Morgan fingerprint density at radius 3 is 2.61 bits per heavy atom. The van der Waals surface area contributed by atoms with Crippen molar-refractivity contribution >= 4 is 11.8 Å². The van der Waals surface area contributed by atoms with Crippen molar-refractivity contribution in [2.75, 3.05) is 5.73 Å². The number of anilines is 1. The van der Waals surface area contributed by atoms with Gasteiger partial charge >= 0.3 is 5.97 Å². The maximum Gasteiger partial charge on any atom is 0.341 e. The van der Waals surface area contributed by atoms with Gasteiger partial charge in [-0.05, 0) is 18.4 Å². The molecule has 0 aliphatic rings. The summed E-state index contributed by atoms with van der Waals surface area (Å²) < 4.78 is 1.41. The van der Waals surface area contributed by atoms with Crippen molar-refractivity contribution in [2.24, 2.45) is 7.05 Å². The highest BCUT2D eigenvalue weighted by Crippen LogP contribution is 2.17. The number of carboxylic acid groups (broad SMARTS) is 1. The summed E-state index contributed by atoms with van der Waals surface area (Å²) in [6.45, 7) is 0. The first-order chi connectivity index (χ1) is 8.59. The molecular weight excluding hydrogens is 230 g/mol. The van der Waals surface area contributed by atoms with Crippen LogP contribution in [0.25, 0.3) is 0 Å². The van der Waals surface area contributed by atoms with Gasteiger partial charge in [-0.3, -0.25) is 4.68 Å². The van der Waals surface area contributed by atoms with Crippen LogP contribution in [0.1, 0.15) is 21.6 Å². The van der Waals surface area contributed by atoms with Crippen molar-refractivity contribution in [1.29, 1.82) is 0 Å². The van der Waals surface area contributed by atoms with Gasteiger partial charge in [-0.1, -0.05) is 30.3 Å². The van der Waals surface area contributed by atoms with Crippen LogP contribution in [0.2, 0.25) is 0 Å². The minimum atomic E-state index is -1.02. The lowest BCUT2D eigenvalue weighted by Crippen LogP contribution is -2.05. The van der Waals surface area contributed by atoms with Crippen LogP contribution in [0.5, 0.6) is 0 Å². The molecule has 0 amide bonds. The van der Waals surface area contributed by atoms with E-state index in [1.807, 2.05) is 30.3 Å². The second kappa shape index (κ2) is 4.91. The average molecular weight is 245 g/mol. The predicted octanol–water partition coefficient (Wildman–Crippen LogP) is 1.49. The van der Waals surface area contributed by atoms with E-state index in [2.05, 4.69) is 5.10 Å². The second-order valence-corrected chi connectivity index (χ2v) is 4.12. The minimum Gasteiger partial charge on any atom is -0.477 e. The summed E-state index contributed by atoms with van der Waals surface area (Å²) in [6.07, 6.45) is 1.31. The SMILES string of the molecule is Cn1nc(CCc2ccccc2)c(C(=O)O)c1N. The number of hydrogen-bond donors (Lipinski definition) is 2. The van der Waals surface area contributed by atoms with Gasteiger partial charge in [0.2, 0.25) is 0 Å². The third-order valence-electron chi connectivity index (χ3n) is 2.87. The van der Waals surface area contributed by atoms with Crippen molar-refractivity contribution < 1.29 is 9.90 Å². The molecular formula is C13H15N3O2. The molecule has 0 saturated heterocycles. The zero-order valence-corrected chi connectivity index (χ0v) is 10.1. The Balaban J connectivity index is 2.20. The molecule has 2 rings (SSSR count). The van der Waals surface area contributed by atoms with E-state index in [1.54, 1.807) is 7.05 Å². The van der Waals surface area contributed by atoms with Crippen LogP contribution in [0, 0.1) is 0 Å².